The van der Waals surface area contributed by atoms with Crippen molar-refractivity contribution in [1.82, 2.24) is 15.2 Å². The van der Waals surface area contributed by atoms with E-state index in [1.54, 1.807) is 11.3 Å². The number of nitrogens with zero attached hydrogens (tertiary/aromatic N) is 2. The third kappa shape index (κ3) is 4.24. The van der Waals surface area contributed by atoms with Gasteiger partial charge in [0.25, 0.3) is 0 Å². The predicted molar refractivity (Wildman–Crippen MR) is 79.5 cm³/mol. The van der Waals surface area contributed by atoms with Crippen molar-refractivity contribution < 1.29 is 4.74 Å². The Balaban J connectivity index is 1.94. The monoisotopic (exact) mass is 283 g/mol. The van der Waals surface area contributed by atoms with Crippen LogP contribution in [0.15, 0.2) is 5.38 Å². The van der Waals surface area contributed by atoms with Crippen molar-refractivity contribution in [3.05, 3.63) is 16.1 Å². The highest BCUT2D eigenvalue weighted by Gasteiger charge is 2.25. The van der Waals surface area contributed by atoms with Gasteiger partial charge < -0.3 is 10.1 Å². The standard InChI is InChI=1S/C14H25N3OS/c1-10(2)15-7-12-9-19-14(16-12)13-8-17(11(3)4)5-6-18-13/h9-11,13,15H,5-8H2,1-4H3. The maximum absolute atomic E-state index is 5.87. The van der Waals surface area contributed by atoms with E-state index < -0.39 is 0 Å². The molecule has 1 aliphatic heterocycles. The summed E-state index contributed by atoms with van der Waals surface area (Å²) < 4.78 is 5.87. The Kier molecular flexibility index (Phi) is 5.33. The SMILES string of the molecule is CC(C)NCc1csc(C2CN(C(C)C)CCO2)n1. The highest BCUT2D eigenvalue weighted by atomic mass is 32.1. The van der Waals surface area contributed by atoms with Crippen LogP contribution in [0.3, 0.4) is 0 Å². The minimum absolute atomic E-state index is 0.147. The van der Waals surface area contributed by atoms with Gasteiger partial charge in [0.05, 0.1) is 12.3 Å². The second-order valence-electron chi connectivity index (χ2n) is 5.66. The molecule has 0 amide bonds. The Bertz CT molecular complexity index is 392. The van der Waals surface area contributed by atoms with Crippen LogP contribution in [-0.4, -0.2) is 41.7 Å². The maximum Gasteiger partial charge on any atom is 0.123 e. The summed E-state index contributed by atoms with van der Waals surface area (Å²) in [6.45, 7) is 12.4. The van der Waals surface area contributed by atoms with Crippen LogP contribution in [0.5, 0.6) is 0 Å². The van der Waals surface area contributed by atoms with Gasteiger partial charge in [-0.2, -0.15) is 0 Å². The van der Waals surface area contributed by atoms with Crippen molar-refractivity contribution in [1.29, 1.82) is 0 Å². The minimum atomic E-state index is 0.147. The van der Waals surface area contributed by atoms with E-state index in [1.165, 1.54) is 0 Å². The first-order valence-corrected chi connectivity index (χ1v) is 7.97. The topological polar surface area (TPSA) is 37.4 Å². The average molecular weight is 283 g/mol. The van der Waals surface area contributed by atoms with E-state index in [4.69, 9.17) is 9.72 Å². The predicted octanol–water partition coefficient (Wildman–Crippen LogP) is 2.42. The van der Waals surface area contributed by atoms with E-state index >= 15 is 0 Å². The summed E-state index contributed by atoms with van der Waals surface area (Å²) >= 11 is 1.72. The summed E-state index contributed by atoms with van der Waals surface area (Å²) in [6.07, 6.45) is 0.147. The molecule has 5 heteroatoms. The zero-order valence-corrected chi connectivity index (χ0v) is 13.2. The Hall–Kier alpha value is -0.490. The van der Waals surface area contributed by atoms with Gasteiger partial charge in [-0.25, -0.2) is 4.98 Å². The quantitative estimate of drug-likeness (QED) is 0.900. The highest BCUT2D eigenvalue weighted by Crippen LogP contribution is 2.26. The molecule has 2 heterocycles. The van der Waals surface area contributed by atoms with Crippen molar-refractivity contribution in [2.45, 2.75) is 52.4 Å². The molecule has 108 valence electrons. The van der Waals surface area contributed by atoms with Crippen molar-refractivity contribution in [2.24, 2.45) is 0 Å². The molecular weight excluding hydrogens is 258 g/mol. The highest BCUT2D eigenvalue weighted by molar-refractivity contribution is 7.09. The first-order valence-electron chi connectivity index (χ1n) is 7.09. The molecule has 1 fully saturated rings. The van der Waals surface area contributed by atoms with Gasteiger partial charge in [0, 0.05) is 37.1 Å². The van der Waals surface area contributed by atoms with Gasteiger partial charge in [-0.05, 0) is 13.8 Å². The molecule has 2 rings (SSSR count). The zero-order valence-electron chi connectivity index (χ0n) is 12.3. The van der Waals surface area contributed by atoms with E-state index in [0.29, 0.717) is 12.1 Å². The van der Waals surface area contributed by atoms with E-state index in [-0.39, 0.29) is 6.10 Å². The molecule has 0 aliphatic carbocycles. The first-order chi connectivity index (χ1) is 9.06. The normalized spacial score (nSPS) is 21.5. The number of thiazole rings is 1. The van der Waals surface area contributed by atoms with Crippen molar-refractivity contribution in [2.75, 3.05) is 19.7 Å². The summed E-state index contributed by atoms with van der Waals surface area (Å²) in [5.41, 5.74) is 1.12. The molecule has 4 nitrogen and oxygen atoms in total. The second-order valence-corrected chi connectivity index (χ2v) is 6.55. The van der Waals surface area contributed by atoms with E-state index in [0.717, 1.165) is 36.9 Å². The number of nitrogens with one attached hydrogen (secondary N) is 1. The van der Waals surface area contributed by atoms with Crippen LogP contribution in [-0.2, 0) is 11.3 Å². The Morgan fingerprint density at radius 1 is 1.47 bits per heavy atom. The van der Waals surface area contributed by atoms with Crippen LogP contribution >= 0.6 is 11.3 Å². The Labute approximate surface area is 120 Å². The molecule has 1 aliphatic rings. The van der Waals surface area contributed by atoms with Crippen LogP contribution < -0.4 is 5.32 Å². The van der Waals surface area contributed by atoms with Gasteiger partial charge in [0.15, 0.2) is 0 Å². The van der Waals surface area contributed by atoms with E-state index in [9.17, 15) is 0 Å². The molecule has 1 atom stereocenters. The van der Waals surface area contributed by atoms with Gasteiger partial charge in [0.2, 0.25) is 0 Å². The molecule has 0 radical (unpaired) electrons. The molecule has 1 aromatic rings. The molecular formula is C14H25N3OS. The lowest BCUT2D eigenvalue weighted by Gasteiger charge is -2.34. The molecule has 1 aromatic heterocycles. The maximum atomic E-state index is 5.87. The average Bonchev–Trinajstić information content (AvgIpc) is 2.85. The molecule has 0 saturated carbocycles. The summed E-state index contributed by atoms with van der Waals surface area (Å²) in [7, 11) is 0. The van der Waals surface area contributed by atoms with Crippen molar-refractivity contribution >= 4 is 11.3 Å². The molecule has 19 heavy (non-hydrogen) atoms. The summed E-state index contributed by atoms with van der Waals surface area (Å²) in [6, 6.07) is 1.07. The molecule has 1 saturated heterocycles. The lowest BCUT2D eigenvalue weighted by molar-refractivity contribution is -0.0403. The third-order valence-corrected chi connectivity index (χ3v) is 4.35. The van der Waals surface area contributed by atoms with Crippen LogP contribution in [0.1, 0.15) is 44.5 Å². The lowest BCUT2D eigenvalue weighted by Crippen LogP contribution is -2.42. The van der Waals surface area contributed by atoms with Crippen molar-refractivity contribution in [3.63, 3.8) is 0 Å². The zero-order chi connectivity index (χ0) is 13.8. The molecule has 0 bridgehead atoms. The molecule has 1 unspecified atom stereocenters. The smallest absolute Gasteiger partial charge is 0.123 e. The lowest BCUT2D eigenvalue weighted by atomic mass is 10.2. The summed E-state index contributed by atoms with van der Waals surface area (Å²) in [4.78, 5) is 7.16. The van der Waals surface area contributed by atoms with Gasteiger partial charge >= 0.3 is 0 Å². The number of morpholine rings is 1. The second kappa shape index (κ2) is 6.79. The molecule has 0 aromatic carbocycles. The number of ether oxygens (including phenoxy) is 1. The third-order valence-electron chi connectivity index (χ3n) is 3.36. The Morgan fingerprint density at radius 3 is 2.95 bits per heavy atom. The Morgan fingerprint density at radius 2 is 2.26 bits per heavy atom. The fourth-order valence-corrected chi connectivity index (χ4v) is 3.01. The first kappa shape index (κ1) is 14.9. The van der Waals surface area contributed by atoms with Crippen LogP contribution in [0.4, 0.5) is 0 Å². The molecule has 0 spiro atoms. The number of hydrogen-bond acceptors (Lipinski definition) is 5. The number of aromatic nitrogens is 1. The fourth-order valence-electron chi connectivity index (χ4n) is 2.15. The van der Waals surface area contributed by atoms with Gasteiger partial charge in [-0.15, -0.1) is 11.3 Å². The van der Waals surface area contributed by atoms with Crippen molar-refractivity contribution in [3.8, 4) is 0 Å². The summed E-state index contributed by atoms with van der Waals surface area (Å²) in [5.74, 6) is 0. The van der Waals surface area contributed by atoms with Gasteiger partial charge in [-0.1, -0.05) is 13.8 Å². The number of rotatable bonds is 5. The van der Waals surface area contributed by atoms with E-state index in [2.05, 4.69) is 43.3 Å². The molecule has 1 N–H and O–H groups in total. The van der Waals surface area contributed by atoms with Crippen LogP contribution in [0, 0.1) is 0 Å². The van der Waals surface area contributed by atoms with Gasteiger partial charge in [-0.3, -0.25) is 4.90 Å². The van der Waals surface area contributed by atoms with E-state index in [1.807, 2.05) is 0 Å². The summed E-state index contributed by atoms with van der Waals surface area (Å²) in [5, 5.41) is 6.66. The van der Waals surface area contributed by atoms with Crippen LogP contribution in [0.2, 0.25) is 0 Å². The van der Waals surface area contributed by atoms with Crippen LogP contribution in [0.25, 0.3) is 0 Å². The number of hydrogen-bond donors (Lipinski definition) is 1. The largest absolute Gasteiger partial charge is 0.368 e. The fraction of sp³-hybridized carbons (Fsp3) is 0.786. The minimum Gasteiger partial charge on any atom is -0.368 e. The van der Waals surface area contributed by atoms with Gasteiger partial charge in [0.1, 0.15) is 11.1 Å².